The number of benzene rings is 1. The lowest BCUT2D eigenvalue weighted by Crippen LogP contribution is -2.17. The predicted molar refractivity (Wildman–Crippen MR) is 79.7 cm³/mol. The Bertz CT molecular complexity index is 491. The molecule has 0 saturated heterocycles. The number of hydrogen-bond donors (Lipinski definition) is 1. The van der Waals surface area contributed by atoms with Gasteiger partial charge in [-0.1, -0.05) is 41.1 Å². The van der Waals surface area contributed by atoms with Crippen molar-refractivity contribution in [1.82, 2.24) is 9.88 Å². The molecular formula is C15H19BrN2. The minimum Gasteiger partial charge on any atom is -0.346 e. The minimum absolute atomic E-state index is 0.914. The van der Waals surface area contributed by atoms with Crippen LogP contribution < -0.4 is 5.32 Å². The average molecular weight is 307 g/mol. The van der Waals surface area contributed by atoms with E-state index in [4.69, 9.17) is 0 Å². The summed E-state index contributed by atoms with van der Waals surface area (Å²) in [7, 11) is 0. The fourth-order valence-electron chi connectivity index (χ4n) is 1.97. The van der Waals surface area contributed by atoms with Crippen LogP contribution in [0, 0.1) is 0 Å². The third-order valence-corrected chi connectivity index (χ3v) is 3.73. The minimum atomic E-state index is 0.914. The number of halogens is 1. The van der Waals surface area contributed by atoms with Crippen molar-refractivity contribution in [3.8, 4) is 0 Å². The van der Waals surface area contributed by atoms with Gasteiger partial charge in [0.25, 0.3) is 0 Å². The Morgan fingerprint density at radius 3 is 2.78 bits per heavy atom. The first-order chi connectivity index (χ1) is 8.81. The maximum atomic E-state index is 3.60. The van der Waals surface area contributed by atoms with Crippen LogP contribution in [0.25, 0.3) is 0 Å². The lowest BCUT2D eigenvalue weighted by molar-refractivity contribution is 0.630. The lowest BCUT2D eigenvalue weighted by Gasteiger charge is -2.11. The summed E-state index contributed by atoms with van der Waals surface area (Å²) < 4.78 is 3.47. The second kappa shape index (κ2) is 6.76. The van der Waals surface area contributed by atoms with E-state index in [9.17, 15) is 0 Å². The monoisotopic (exact) mass is 306 g/mol. The fourth-order valence-corrected chi connectivity index (χ4v) is 2.38. The highest BCUT2D eigenvalue weighted by molar-refractivity contribution is 9.10. The van der Waals surface area contributed by atoms with Crippen LogP contribution in [0.3, 0.4) is 0 Å². The highest BCUT2D eigenvalue weighted by Gasteiger charge is 2.03. The number of hydrogen-bond acceptors (Lipinski definition) is 1. The molecule has 0 spiro atoms. The Morgan fingerprint density at radius 2 is 2.00 bits per heavy atom. The molecule has 0 fully saturated rings. The zero-order chi connectivity index (χ0) is 12.8. The van der Waals surface area contributed by atoms with E-state index in [1.54, 1.807) is 0 Å². The molecule has 2 aromatic rings. The summed E-state index contributed by atoms with van der Waals surface area (Å²) in [6, 6.07) is 12.7. The number of nitrogens with zero attached hydrogens (tertiary/aromatic N) is 1. The maximum Gasteiger partial charge on any atom is 0.0484 e. The van der Waals surface area contributed by atoms with E-state index in [1.165, 1.54) is 22.2 Å². The third-order valence-electron chi connectivity index (χ3n) is 2.95. The Kier molecular flexibility index (Phi) is 5.02. The van der Waals surface area contributed by atoms with Crippen LogP contribution in [0.15, 0.2) is 47.1 Å². The van der Waals surface area contributed by atoms with E-state index < -0.39 is 0 Å². The molecule has 3 heteroatoms. The van der Waals surface area contributed by atoms with Crippen LogP contribution in [0.1, 0.15) is 24.6 Å². The molecule has 1 heterocycles. The van der Waals surface area contributed by atoms with Gasteiger partial charge in [-0.25, -0.2) is 0 Å². The van der Waals surface area contributed by atoms with Gasteiger partial charge in [-0.05, 0) is 36.7 Å². The molecule has 0 amide bonds. The van der Waals surface area contributed by atoms with Crippen molar-refractivity contribution >= 4 is 15.9 Å². The summed E-state index contributed by atoms with van der Waals surface area (Å²) >= 11 is 3.60. The molecule has 96 valence electrons. The second-order valence-corrected chi connectivity index (χ2v) is 5.25. The van der Waals surface area contributed by atoms with Crippen molar-refractivity contribution in [3.63, 3.8) is 0 Å². The van der Waals surface area contributed by atoms with Crippen molar-refractivity contribution < 1.29 is 0 Å². The van der Waals surface area contributed by atoms with Gasteiger partial charge in [-0.3, -0.25) is 0 Å². The molecule has 2 rings (SSSR count). The molecule has 0 bridgehead atoms. The average Bonchev–Trinajstić information content (AvgIpc) is 2.80. The van der Waals surface area contributed by atoms with E-state index in [1.807, 2.05) is 6.07 Å². The van der Waals surface area contributed by atoms with Crippen molar-refractivity contribution in [3.05, 3.63) is 58.3 Å². The van der Waals surface area contributed by atoms with Gasteiger partial charge in [0.15, 0.2) is 0 Å². The molecule has 0 aliphatic carbocycles. The van der Waals surface area contributed by atoms with Crippen LogP contribution in [0.5, 0.6) is 0 Å². The largest absolute Gasteiger partial charge is 0.346 e. The van der Waals surface area contributed by atoms with Crippen LogP contribution in [-0.2, 0) is 13.1 Å². The van der Waals surface area contributed by atoms with Gasteiger partial charge < -0.3 is 9.88 Å². The van der Waals surface area contributed by atoms with E-state index >= 15 is 0 Å². The Hall–Kier alpha value is -1.06. The van der Waals surface area contributed by atoms with Crippen LogP contribution in [-0.4, -0.2) is 11.1 Å². The molecule has 0 aliphatic heterocycles. The van der Waals surface area contributed by atoms with Crippen molar-refractivity contribution in [2.75, 3.05) is 6.54 Å². The summed E-state index contributed by atoms with van der Waals surface area (Å²) in [6.45, 7) is 5.11. The van der Waals surface area contributed by atoms with Gasteiger partial charge in [-0.2, -0.15) is 0 Å². The van der Waals surface area contributed by atoms with Crippen molar-refractivity contribution in [2.45, 2.75) is 26.4 Å². The smallest absolute Gasteiger partial charge is 0.0484 e. The Balaban J connectivity index is 2.05. The van der Waals surface area contributed by atoms with Crippen LogP contribution in [0.4, 0.5) is 0 Å². The molecule has 0 unspecified atom stereocenters. The molecular weight excluding hydrogens is 288 g/mol. The van der Waals surface area contributed by atoms with E-state index in [-0.39, 0.29) is 0 Å². The van der Waals surface area contributed by atoms with Gasteiger partial charge in [0.05, 0.1) is 0 Å². The van der Waals surface area contributed by atoms with Gasteiger partial charge in [-0.15, -0.1) is 0 Å². The van der Waals surface area contributed by atoms with Crippen molar-refractivity contribution in [2.24, 2.45) is 0 Å². The molecule has 0 aliphatic rings. The molecule has 1 aromatic carbocycles. The Morgan fingerprint density at radius 1 is 1.17 bits per heavy atom. The predicted octanol–water partition coefficient (Wildman–Crippen LogP) is 3.80. The van der Waals surface area contributed by atoms with E-state index in [2.05, 4.69) is 69.3 Å². The summed E-state index contributed by atoms with van der Waals surface area (Å²) in [6.07, 6.45) is 3.31. The van der Waals surface area contributed by atoms with Crippen LogP contribution in [0.2, 0.25) is 0 Å². The second-order valence-electron chi connectivity index (χ2n) is 4.40. The summed E-state index contributed by atoms with van der Waals surface area (Å²) in [5.41, 5.74) is 2.64. The van der Waals surface area contributed by atoms with E-state index in [0.29, 0.717) is 0 Å². The SMILES string of the molecule is CCCNCc1cccn1Cc1ccccc1Br. The molecule has 0 saturated carbocycles. The first kappa shape index (κ1) is 13.4. The molecule has 0 radical (unpaired) electrons. The summed E-state index contributed by atoms with van der Waals surface area (Å²) in [5.74, 6) is 0. The number of aromatic nitrogens is 1. The maximum absolute atomic E-state index is 3.60. The molecule has 1 N–H and O–H groups in total. The van der Waals surface area contributed by atoms with Gasteiger partial charge >= 0.3 is 0 Å². The van der Waals surface area contributed by atoms with Gasteiger partial charge in [0.2, 0.25) is 0 Å². The normalized spacial score (nSPS) is 10.8. The molecule has 18 heavy (non-hydrogen) atoms. The zero-order valence-electron chi connectivity index (χ0n) is 10.7. The van der Waals surface area contributed by atoms with Crippen molar-refractivity contribution in [1.29, 1.82) is 0 Å². The molecule has 2 nitrogen and oxygen atoms in total. The first-order valence-electron chi connectivity index (χ1n) is 6.39. The molecule has 1 aromatic heterocycles. The standard InChI is InChI=1S/C15H19BrN2/c1-2-9-17-11-14-7-5-10-18(14)12-13-6-3-4-8-15(13)16/h3-8,10,17H,2,9,11-12H2,1H3. The highest BCUT2D eigenvalue weighted by atomic mass is 79.9. The summed E-state index contributed by atoms with van der Waals surface area (Å²) in [4.78, 5) is 0. The molecule has 0 atom stereocenters. The van der Waals surface area contributed by atoms with Gasteiger partial charge in [0.1, 0.15) is 0 Å². The lowest BCUT2D eigenvalue weighted by atomic mass is 10.2. The Labute approximate surface area is 117 Å². The topological polar surface area (TPSA) is 17.0 Å². The third kappa shape index (κ3) is 3.47. The van der Waals surface area contributed by atoms with E-state index in [0.717, 1.165) is 19.6 Å². The zero-order valence-corrected chi connectivity index (χ0v) is 12.3. The highest BCUT2D eigenvalue weighted by Crippen LogP contribution is 2.18. The fraction of sp³-hybridized carbons (Fsp3) is 0.333. The quantitative estimate of drug-likeness (QED) is 0.803. The number of nitrogens with one attached hydrogen (secondary N) is 1. The summed E-state index contributed by atoms with van der Waals surface area (Å²) in [5, 5.41) is 3.45. The first-order valence-corrected chi connectivity index (χ1v) is 7.18. The van der Waals surface area contributed by atoms with Gasteiger partial charge in [0, 0.05) is 29.5 Å². The number of rotatable bonds is 6. The van der Waals surface area contributed by atoms with Crippen LogP contribution >= 0.6 is 15.9 Å².